The largest absolute Gasteiger partial charge is 0.466 e. The molecule has 6 nitrogen and oxygen atoms in total. The Labute approximate surface area is 146 Å². The van der Waals surface area contributed by atoms with Gasteiger partial charge in [0.25, 0.3) is 0 Å². The second kappa shape index (κ2) is 18.6. The molecule has 0 rings (SSSR count). The van der Waals surface area contributed by atoms with Crippen molar-refractivity contribution in [1.29, 1.82) is 0 Å². The van der Waals surface area contributed by atoms with Crippen LogP contribution in [0.15, 0.2) is 0 Å². The lowest BCUT2D eigenvalue weighted by Crippen LogP contribution is -2.37. The SMILES string of the molecule is CCCCCCCCCCOC(=O)CC.OCC(CO)(CO)CO. The minimum atomic E-state index is -1.11. The van der Waals surface area contributed by atoms with Crippen molar-refractivity contribution in [3.63, 3.8) is 0 Å². The molecule has 0 unspecified atom stereocenters. The summed E-state index contributed by atoms with van der Waals surface area (Å²) >= 11 is 0. The first kappa shape index (κ1) is 25.5. The van der Waals surface area contributed by atoms with Crippen molar-refractivity contribution in [2.75, 3.05) is 33.0 Å². The third-order valence-corrected chi connectivity index (χ3v) is 3.89. The number of ether oxygens (including phenoxy) is 1. The monoisotopic (exact) mass is 350 g/mol. The van der Waals surface area contributed by atoms with Crippen molar-refractivity contribution in [3.8, 4) is 0 Å². The second-order valence-corrected chi connectivity index (χ2v) is 6.18. The van der Waals surface area contributed by atoms with Crippen LogP contribution in [0.4, 0.5) is 0 Å². The van der Waals surface area contributed by atoms with Crippen LogP contribution >= 0.6 is 0 Å². The normalized spacial score (nSPS) is 10.9. The minimum absolute atomic E-state index is 0.0713. The van der Waals surface area contributed by atoms with Crippen LogP contribution in [-0.4, -0.2) is 59.4 Å². The summed E-state index contributed by atoms with van der Waals surface area (Å²) in [6.07, 6.45) is 10.8. The Morgan fingerprint density at radius 2 is 1.17 bits per heavy atom. The smallest absolute Gasteiger partial charge is 0.305 e. The number of hydrogen-bond donors (Lipinski definition) is 4. The first-order valence-corrected chi connectivity index (χ1v) is 9.14. The Morgan fingerprint density at radius 1 is 0.750 bits per heavy atom. The summed E-state index contributed by atoms with van der Waals surface area (Å²) in [5.41, 5.74) is -1.11. The summed E-state index contributed by atoms with van der Waals surface area (Å²) in [7, 11) is 0. The quantitative estimate of drug-likeness (QED) is 0.282. The second-order valence-electron chi connectivity index (χ2n) is 6.18. The van der Waals surface area contributed by atoms with Gasteiger partial charge in [-0.2, -0.15) is 0 Å². The highest BCUT2D eigenvalue weighted by atomic mass is 16.5. The lowest BCUT2D eigenvalue weighted by Gasteiger charge is -2.23. The number of esters is 1. The van der Waals surface area contributed by atoms with E-state index in [-0.39, 0.29) is 5.97 Å². The highest BCUT2D eigenvalue weighted by molar-refractivity contribution is 5.68. The van der Waals surface area contributed by atoms with Crippen molar-refractivity contribution in [2.45, 2.75) is 71.6 Å². The number of carbonyl (C=O) groups excluding carboxylic acids is 1. The highest BCUT2D eigenvalue weighted by Crippen LogP contribution is 2.12. The van der Waals surface area contributed by atoms with Gasteiger partial charge >= 0.3 is 5.97 Å². The molecule has 0 aliphatic heterocycles. The Hall–Kier alpha value is -0.690. The lowest BCUT2D eigenvalue weighted by molar-refractivity contribution is -0.143. The van der Waals surface area contributed by atoms with E-state index in [1.807, 2.05) is 6.92 Å². The number of carbonyl (C=O) groups is 1. The fourth-order valence-electron chi connectivity index (χ4n) is 1.82. The first-order valence-electron chi connectivity index (χ1n) is 9.14. The zero-order valence-electron chi connectivity index (χ0n) is 15.5. The van der Waals surface area contributed by atoms with E-state index in [9.17, 15) is 4.79 Å². The molecule has 0 aromatic rings. The fraction of sp³-hybridized carbons (Fsp3) is 0.944. The van der Waals surface area contributed by atoms with Gasteiger partial charge in [0, 0.05) is 6.42 Å². The Morgan fingerprint density at radius 3 is 1.50 bits per heavy atom. The molecule has 0 aliphatic rings. The molecule has 0 amide bonds. The maximum Gasteiger partial charge on any atom is 0.305 e. The molecule has 0 radical (unpaired) electrons. The van der Waals surface area contributed by atoms with E-state index in [4.69, 9.17) is 25.2 Å². The Balaban J connectivity index is 0. The molecule has 0 aromatic carbocycles. The third-order valence-electron chi connectivity index (χ3n) is 3.89. The van der Waals surface area contributed by atoms with Gasteiger partial charge in [0.05, 0.1) is 38.4 Å². The van der Waals surface area contributed by atoms with Crippen LogP contribution in [0.5, 0.6) is 0 Å². The maximum atomic E-state index is 10.8. The molecule has 0 aromatic heterocycles. The van der Waals surface area contributed by atoms with Crippen LogP contribution in [0.25, 0.3) is 0 Å². The number of aliphatic hydroxyl groups is 4. The van der Waals surface area contributed by atoms with Crippen LogP contribution in [0.3, 0.4) is 0 Å². The molecular formula is C18H38O6. The molecular weight excluding hydrogens is 312 g/mol. The van der Waals surface area contributed by atoms with E-state index >= 15 is 0 Å². The summed E-state index contributed by atoms with van der Waals surface area (Å²) in [5.74, 6) is -0.0713. The van der Waals surface area contributed by atoms with Crippen LogP contribution in [0, 0.1) is 5.41 Å². The van der Waals surface area contributed by atoms with Gasteiger partial charge in [-0.1, -0.05) is 58.8 Å². The standard InChI is InChI=1S/C13H26O2.C5H12O4/c1-3-5-6-7-8-9-10-11-12-15-13(14)4-2;6-1-5(2-7,3-8)4-9/h3-12H2,1-2H3;6-9H,1-4H2. The lowest BCUT2D eigenvalue weighted by atomic mass is 9.93. The molecule has 0 saturated carbocycles. The van der Waals surface area contributed by atoms with Gasteiger partial charge in [0.2, 0.25) is 0 Å². The van der Waals surface area contributed by atoms with Crippen molar-refractivity contribution in [3.05, 3.63) is 0 Å². The van der Waals surface area contributed by atoms with Crippen LogP contribution < -0.4 is 0 Å². The Kier molecular flexibility index (Phi) is 19.8. The van der Waals surface area contributed by atoms with E-state index in [1.54, 1.807) is 0 Å². The Bertz CT molecular complexity index is 249. The molecule has 4 N–H and O–H groups in total. The molecule has 0 heterocycles. The molecule has 0 saturated heterocycles. The summed E-state index contributed by atoms with van der Waals surface area (Å²) < 4.78 is 5.00. The zero-order chi connectivity index (χ0) is 18.7. The molecule has 0 fully saturated rings. The summed E-state index contributed by atoms with van der Waals surface area (Å²) in [6, 6.07) is 0. The molecule has 0 atom stereocenters. The topological polar surface area (TPSA) is 107 Å². The van der Waals surface area contributed by atoms with Crippen molar-refractivity contribution >= 4 is 5.97 Å². The van der Waals surface area contributed by atoms with Crippen molar-refractivity contribution in [2.24, 2.45) is 5.41 Å². The van der Waals surface area contributed by atoms with Gasteiger partial charge in [0.1, 0.15) is 0 Å². The van der Waals surface area contributed by atoms with Crippen LogP contribution in [0.1, 0.15) is 71.6 Å². The summed E-state index contributed by atoms with van der Waals surface area (Å²) in [4.78, 5) is 10.8. The van der Waals surface area contributed by atoms with E-state index in [1.165, 1.54) is 44.9 Å². The van der Waals surface area contributed by atoms with E-state index in [0.717, 1.165) is 6.42 Å². The molecule has 0 bridgehead atoms. The number of rotatable bonds is 14. The number of hydrogen-bond acceptors (Lipinski definition) is 6. The predicted molar refractivity (Wildman–Crippen MR) is 94.6 cm³/mol. The molecule has 0 spiro atoms. The summed E-state index contributed by atoms with van der Waals surface area (Å²) in [5, 5.41) is 34.0. The van der Waals surface area contributed by atoms with Gasteiger partial charge in [-0.05, 0) is 6.42 Å². The molecule has 146 valence electrons. The minimum Gasteiger partial charge on any atom is -0.466 e. The zero-order valence-corrected chi connectivity index (χ0v) is 15.5. The van der Waals surface area contributed by atoms with E-state index in [2.05, 4.69) is 6.92 Å². The van der Waals surface area contributed by atoms with E-state index < -0.39 is 31.8 Å². The van der Waals surface area contributed by atoms with Gasteiger partial charge in [-0.3, -0.25) is 4.79 Å². The van der Waals surface area contributed by atoms with Crippen LogP contribution in [-0.2, 0) is 9.53 Å². The highest BCUT2D eigenvalue weighted by Gasteiger charge is 2.26. The average molecular weight is 350 g/mol. The molecule has 6 heteroatoms. The van der Waals surface area contributed by atoms with Gasteiger partial charge in [0.15, 0.2) is 0 Å². The van der Waals surface area contributed by atoms with Gasteiger partial charge in [-0.15, -0.1) is 0 Å². The molecule has 24 heavy (non-hydrogen) atoms. The predicted octanol–water partition coefficient (Wildman–Crippen LogP) is 2.02. The van der Waals surface area contributed by atoms with Crippen molar-refractivity contribution in [1.82, 2.24) is 0 Å². The fourth-order valence-corrected chi connectivity index (χ4v) is 1.82. The number of aliphatic hydroxyl groups excluding tert-OH is 4. The van der Waals surface area contributed by atoms with E-state index in [0.29, 0.717) is 13.0 Å². The summed E-state index contributed by atoms with van der Waals surface area (Å²) in [6.45, 7) is 3.06. The molecule has 0 aliphatic carbocycles. The average Bonchev–Trinajstić information content (AvgIpc) is 2.63. The first-order chi connectivity index (χ1) is 11.6. The van der Waals surface area contributed by atoms with Crippen molar-refractivity contribution < 1.29 is 30.0 Å². The maximum absolute atomic E-state index is 10.8. The van der Waals surface area contributed by atoms with Gasteiger partial charge in [-0.25, -0.2) is 0 Å². The number of unbranched alkanes of at least 4 members (excludes halogenated alkanes) is 7. The van der Waals surface area contributed by atoms with Gasteiger partial charge < -0.3 is 25.2 Å². The van der Waals surface area contributed by atoms with Crippen LogP contribution in [0.2, 0.25) is 0 Å². The third kappa shape index (κ3) is 14.9.